The van der Waals surface area contributed by atoms with Crippen LogP contribution in [0.3, 0.4) is 0 Å². The molecule has 290 valence electrons. The third kappa shape index (κ3) is 8.79. The fraction of sp³-hybridized carbons (Fsp3) is 0.0222. The van der Waals surface area contributed by atoms with Gasteiger partial charge in [0.1, 0.15) is 11.4 Å². The fourth-order valence-corrected chi connectivity index (χ4v) is 8.11. The number of anilines is 2. The summed E-state index contributed by atoms with van der Waals surface area (Å²) in [6.07, 6.45) is 4.24. The Morgan fingerprint density at radius 2 is 0.881 bits per heavy atom. The molecule has 0 fully saturated rings. The number of aromatic nitrogens is 8. The van der Waals surface area contributed by atoms with Gasteiger partial charge in [-0.05, 0) is 44.0 Å². The van der Waals surface area contributed by atoms with Gasteiger partial charge in [-0.15, -0.1) is 0 Å². The molecule has 0 aliphatic rings. The molecule has 0 spiro atoms. The maximum atomic E-state index is 11.9. The number of hydrogen-bond acceptors (Lipinski definition) is 9. The quantitative estimate of drug-likeness (QED) is 0.140. The zero-order valence-corrected chi connectivity index (χ0v) is 35.3. The summed E-state index contributed by atoms with van der Waals surface area (Å²) in [6.45, 7) is 0. The molecule has 9 aromatic rings. The van der Waals surface area contributed by atoms with Crippen molar-refractivity contribution >= 4 is 53.3 Å². The third-order valence-corrected chi connectivity index (χ3v) is 11.3. The average Bonchev–Trinajstić information content (AvgIpc) is 3.82. The van der Waals surface area contributed by atoms with E-state index >= 15 is 0 Å². The lowest BCUT2D eigenvalue weighted by atomic mass is 10.1. The lowest BCUT2D eigenvalue weighted by Crippen LogP contribution is -2.09. The first-order chi connectivity index (χ1) is 28.7. The van der Waals surface area contributed by atoms with Gasteiger partial charge in [-0.25, -0.2) is 27.7 Å². The summed E-state index contributed by atoms with van der Waals surface area (Å²) in [4.78, 5) is 17.2. The summed E-state index contributed by atoms with van der Waals surface area (Å²) in [6, 6.07) is 53.1. The van der Waals surface area contributed by atoms with Crippen molar-refractivity contribution in [2.75, 3.05) is 11.6 Å². The van der Waals surface area contributed by atoms with Crippen molar-refractivity contribution in [2.45, 2.75) is 5.16 Å². The number of para-hydroxylation sites is 1. The predicted molar refractivity (Wildman–Crippen MR) is 238 cm³/mol. The van der Waals surface area contributed by atoms with Crippen LogP contribution in [0.25, 0.3) is 56.7 Å². The van der Waals surface area contributed by atoms with E-state index in [-0.39, 0.29) is 5.16 Å². The van der Waals surface area contributed by atoms with E-state index in [1.54, 1.807) is 16.9 Å². The van der Waals surface area contributed by atoms with E-state index < -0.39 is 9.84 Å². The van der Waals surface area contributed by atoms with E-state index in [4.69, 9.17) is 15.2 Å². The zero-order chi connectivity index (χ0) is 40.8. The van der Waals surface area contributed by atoms with Crippen LogP contribution in [-0.4, -0.2) is 54.2 Å². The number of rotatable bonds is 9. The van der Waals surface area contributed by atoms with Crippen LogP contribution >= 0.6 is 31.9 Å². The molecule has 0 saturated carbocycles. The summed E-state index contributed by atoms with van der Waals surface area (Å²) < 4.78 is 29.0. The second-order valence-electron chi connectivity index (χ2n) is 13.0. The second kappa shape index (κ2) is 17.5. The molecule has 0 aliphatic heterocycles. The summed E-state index contributed by atoms with van der Waals surface area (Å²) in [5.74, 6) is 1.56. The maximum Gasteiger partial charge on any atom is 0.248 e. The smallest absolute Gasteiger partial charge is 0.248 e. The highest BCUT2D eigenvalue weighted by atomic mass is 79.9. The van der Waals surface area contributed by atoms with E-state index in [9.17, 15) is 8.42 Å². The van der Waals surface area contributed by atoms with E-state index in [0.29, 0.717) is 17.6 Å². The topological polar surface area (TPSA) is 133 Å². The molecular weight excluding hydrogens is 890 g/mol. The molecule has 4 heterocycles. The van der Waals surface area contributed by atoms with Crippen molar-refractivity contribution in [2.24, 2.45) is 0 Å². The van der Waals surface area contributed by atoms with Gasteiger partial charge in [-0.3, -0.25) is 0 Å². The van der Waals surface area contributed by atoms with Crippen LogP contribution in [0.4, 0.5) is 11.6 Å². The minimum absolute atomic E-state index is 0.239. The highest BCUT2D eigenvalue weighted by molar-refractivity contribution is 9.11. The molecule has 59 heavy (non-hydrogen) atoms. The first-order valence-electron chi connectivity index (χ1n) is 18.2. The molecule has 0 bridgehead atoms. The Morgan fingerprint density at radius 3 is 1.32 bits per heavy atom. The lowest BCUT2D eigenvalue weighted by Gasteiger charge is -2.09. The molecule has 0 aliphatic carbocycles. The van der Waals surface area contributed by atoms with Gasteiger partial charge in [-0.1, -0.05) is 140 Å². The monoisotopic (exact) mass is 921 g/mol. The number of nitrogens with zero attached hydrogens (tertiary/aromatic N) is 8. The van der Waals surface area contributed by atoms with Crippen molar-refractivity contribution in [3.8, 4) is 56.7 Å². The molecular formula is C45H33Br2N9O2S. The van der Waals surface area contributed by atoms with E-state index in [2.05, 4.69) is 76.4 Å². The van der Waals surface area contributed by atoms with E-state index in [0.717, 1.165) is 65.9 Å². The van der Waals surface area contributed by atoms with Crippen molar-refractivity contribution in [1.82, 2.24) is 39.5 Å². The fourth-order valence-electron chi connectivity index (χ4n) is 6.19. The van der Waals surface area contributed by atoms with Gasteiger partial charge >= 0.3 is 0 Å². The highest BCUT2D eigenvalue weighted by Gasteiger charge is 2.23. The van der Waals surface area contributed by atoms with Crippen LogP contribution in [-0.2, 0) is 9.84 Å². The minimum Gasteiger partial charge on any atom is -0.324 e. The molecule has 5 aromatic carbocycles. The standard InChI is InChI=1S/C25H18BrN5.C20H15BrN4O2S/c26-22-23(18-10-4-1-5-11-18)30-31(24(22)19-12-6-2-7-13-19)21-16-17-27-25(29-21)28-20-14-8-3-9-15-20;1-28(26,27)20-22-13-12-16(23-20)25-19(15-10-6-3-7-11-15)17(21)18(24-25)14-8-4-2-5-9-14/h1-17H,(H,27,28,29);2-13H,1H3. The molecule has 14 heteroatoms. The van der Waals surface area contributed by atoms with Gasteiger partial charge in [0.2, 0.25) is 20.9 Å². The van der Waals surface area contributed by atoms with Gasteiger partial charge in [0, 0.05) is 58.7 Å². The summed E-state index contributed by atoms with van der Waals surface area (Å²) in [5.41, 5.74) is 8.15. The molecule has 1 N–H and O–H groups in total. The van der Waals surface area contributed by atoms with Crippen LogP contribution in [0.15, 0.2) is 190 Å². The average molecular weight is 924 g/mol. The van der Waals surface area contributed by atoms with E-state index in [1.165, 1.54) is 6.20 Å². The van der Waals surface area contributed by atoms with Crippen LogP contribution in [0, 0.1) is 0 Å². The Balaban J connectivity index is 0.000000165. The zero-order valence-electron chi connectivity index (χ0n) is 31.3. The Hall–Kier alpha value is -6.61. The van der Waals surface area contributed by atoms with Gasteiger partial charge in [0.25, 0.3) is 0 Å². The molecule has 0 amide bonds. The Morgan fingerprint density at radius 1 is 0.492 bits per heavy atom. The van der Waals surface area contributed by atoms with E-state index in [1.807, 2.05) is 138 Å². The number of sulfone groups is 1. The first-order valence-corrected chi connectivity index (χ1v) is 21.7. The van der Waals surface area contributed by atoms with Crippen LogP contribution in [0.1, 0.15) is 0 Å². The Labute approximate surface area is 357 Å². The highest BCUT2D eigenvalue weighted by Crippen LogP contribution is 2.39. The molecule has 9 rings (SSSR count). The SMILES string of the molecule is Brc1c(-c2ccccc2)nn(-c2ccnc(Nc3ccccc3)n2)c1-c1ccccc1.CS(=O)(=O)c1nccc(-n2nc(-c3ccccc3)c(Br)c2-c2ccccc2)n1. The lowest BCUT2D eigenvalue weighted by molar-refractivity contribution is 0.592. The van der Waals surface area contributed by atoms with Crippen molar-refractivity contribution < 1.29 is 8.42 Å². The Kier molecular flexibility index (Phi) is 11.6. The van der Waals surface area contributed by atoms with Crippen molar-refractivity contribution in [3.63, 3.8) is 0 Å². The molecule has 0 unspecified atom stereocenters. The third-order valence-electron chi connectivity index (χ3n) is 8.90. The van der Waals surface area contributed by atoms with Crippen LogP contribution in [0.2, 0.25) is 0 Å². The molecule has 0 saturated heterocycles. The largest absolute Gasteiger partial charge is 0.324 e. The maximum absolute atomic E-state index is 11.9. The van der Waals surface area contributed by atoms with Gasteiger partial charge in [0.15, 0.2) is 11.6 Å². The number of hydrogen-bond donors (Lipinski definition) is 1. The second-order valence-corrected chi connectivity index (χ2v) is 16.5. The molecule has 0 radical (unpaired) electrons. The van der Waals surface area contributed by atoms with Crippen LogP contribution in [0.5, 0.6) is 0 Å². The Bertz CT molecular complexity index is 2950. The molecule has 11 nitrogen and oxygen atoms in total. The number of halogens is 2. The van der Waals surface area contributed by atoms with Crippen molar-refractivity contribution in [1.29, 1.82) is 0 Å². The first kappa shape index (κ1) is 39.2. The van der Waals surface area contributed by atoms with Crippen LogP contribution < -0.4 is 5.32 Å². The minimum atomic E-state index is -3.54. The number of nitrogens with one attached hydrogen (secondary N) is 1. The molecule has 0 atom stereocenters. The predicted octanol–water partition coefficient (Wildman–Crippen LogP) is 10.7. The van der Waals surface area contributed by atoms with Gasteiger partial charge in [-0.2, -0.15) is 20.2 Å². The van der Waals surface area contributed by atoms with Gasteiger partial charge < -0.3 is 5.32 Å². The normalized spacial score (nSPS) is 11.1. The molecule has 4 aromatic heterocycles. The van der Waals surface area contributed by atoms with Gasteiger partial charge in [0.05, 0.1) is 20.3 Å². The number of benzene rings is 5. The summed E-state index contributed by atoms with van der Waals surface area (Å²) in [7, 11) is -3.54. The van der Waals surface area contributed by atoms with Crippen molar-refractivity contribution in [3.05, 3.63) is 185 Å². The summed E-state index contributed by atoms with van der Waals surface area (Å²) >= 11 is 7.49. The summed E-state index contributed by atoms with van der Waals surface area (Å²) in [5, 5.41) is 12.7.